The van der Waals surface area contributed by atoms with E-state index >= 15 is 0 Å². The van der Waals surface area contributed by atoms with Gasteiger partial charge in [-0.2, -0.15) is 0 Å². The van der Waals surface area contributed by atoms with Crippen LogP contribution in [0.25, 0.3) is 22.5 Å². The summed E-state index contributed by atoms with van der Waals surface area (Å²) in [7, 11) is -4.37. The fourth-order valence-corrected chi connectivity index (χ4v) is 9.85. The number of benzene rings is 6. The molecule has 0 radical (unpaired) electrons. The van der Waals surface area contributed by atoms with Crippen LogP contribution in [0.1, 0.15) is 0 Å². The molecule has 53 heavy (non-hydrogen) atoms. The van der Waals surface area contributed by atoms with Gasteiger partial charge in [-0.25, -0.2) is 0 Å². The fraction of sp³-hybridized carbons (Fsp3) is 0. The second kappa shape index (κ2) is 18.8. The molecule has 8 rings (SSSR count). The molecule has 258 valence electrons. The second-order valence-electron chi connectivity index (χ2n) is 11.7. The maximum atomic E-state index is 14.4. The summed E-state index contributed by atoms with van der Waals surface area (Å²) in [4.78, 5) is 8.70. The summed E-state index contributed by atoms with van der Waals surface area (Å²) in [5.74, 6) is 0. The van der Waals surface area contributed by atoms with Crippen LogP contribution in [-0.2, 0) is 9.13 Å². The van der Waals surface area contributed by atoms with Gasteiger partial charge in [0.1, 0.15) is 0 Å². The largest absolute Gasteiger partial charge is 0.415 e. The number of nitrogens with zero attached hydrogens (tertiary/aromatic N) is 2. The zero-order valence-corrected chi connectivity index (χ0v) is 32.1. The molecule has 7 heteroatoms. The van der Waals surface area contributed by atoms with Gasteiger partial charge < -0.3 is 4.57 Å². The maximum absolute atomic E-state index is 14.4. The molecular weight excluding hydrogens is 754 g/mol. The van der Waals surface area contributed by atoms with Gasteiger partial charge in [0.05, 0.1) is 11.4 Å². The Bertz CT molecular complexity index is 2300. The van der Waals surface area contributed by atoms with E-state index in [0.29, 0.717) is 0 Å². The third-order valence-corrected chi connectivity index (χ3v) is 13.3. The molecule has 0 saturated heterocycles. The average molecular weight is 791 g/mol. The quantitative estimate of drug-likeness (QED) is 0.151. The molecule has 0 bridgehead atoms. The van der Waals surface area contributed by atoms with E-state index in [1.54, 1.807) is 12.4 Å². The lowest BCUT2D eigenvalue weighted by molar-refractivity contribution is 0.592. The Hall–Kier alpha value is -5.57. The molecule has 0 unspecified atom stereocenters. The van der Waals surface area contributed by atoms with E-state index in [4.69, 9.17) is 0 Å². The first-order valence-corrected chi connectivity index (χ1v) is 20.8. The molecule has 0 aliphatic rings. The monoisotopic (exact) mass is 789 g/mol. The second-order valence-corrected chi connectivity index (χ2v) is 17.0. The molecule has 0 saturated carbocycles. The summed E-state index contributed by atoms with van der Waals surface area (Å²) in [5, 5.41) is 4.26. The minimum absolute atomic E-state index is 0.818. The van der Waals surface area contributed by atoms with Crippen molar-refractivity contribution in [3.63, 3.8) is 0 Å². The molecule has 2 heterocycles. The highest BCUT2D eigenvalue weighted by molar-refractivity contribution is 9.10. The van der Waals surface area contributed by atoms with Gasteiger partial charge >= 0.3 is 7.80 Å². The Morgan fingerprint density at radius 2 is 0.811 bits per heavy atom. The lowest BCUT2D eigenvalue weighted by atomic mass is 10.1. The normalized spacial score (nSPS) is 10.5. The SMILES string of the molecule is Brc1cccc(-c2ccccn2)c1.O=P(c1ccccc1)(c1ccccc1)c1cccc(-c2ccccn2)c1.O=[P+](c1ccccc1)c1ccccc1. The van der Waals surface area contributed by atoms with E-state index in [9.17, 15) is 9.13 Å². The van der Waals surface area contributed by atoms with Gasteiger partial charge in [0, 0.05) is 43.9 Å². The van der Waals surface area contributed by atoms with Crippen LogP contribution in [0, 0.1) is 0 Å². The van der Waals surface area contributed by atoms with Crippen LogP contribution in [0.5, 0.6) is 0 Å². The van der Waals surface area contributed by atoms with Crippen LogP contribution in [0.3, 0.4) is 0 Å². The minimum atomic E-state index is -2.95. The lowest BCUT2D eigenvalue weighted by Gasteiger charge is -2.20. The van der Waals surface area contributed by atoms with E-state index in [0.717, 1.165) is 53.5 Å². The fourth-order valence-electron chi connectivity index (χ4n) is 5.57. The van der Waals surface area contributed by atoms with Gasteiger partial charge in [-0.3, -0.25) is 9.97 Å². The Balaban J connectivity index is 0.000000150. The van der Waals surface area contributed by atoms with E-state index in [1.807, 2.05) is 200 Å². The summed E-state index contributed by atoms with van der Waals surface area (Å²) in [5.41, 5.74) is 3.98. The predicted octanol–water partition coefficient (Wildman–Crippen LogP) is 10.4. The number of halogens is 1. The molecule has 6 aromatic carbocycles. The van der Waals surface area contributed by atoms with Crippen LogP contribution in [0.2, 0.25) is 0 Å². The van der Waals surface area contributed by atoms with E-state index in [2.05, 4.69) is 32.0 Å². The zero-order valence-electron chi connectivity index (χ0n) is 28.8. The van der Waals surface area contributed by atoms with E-state index < -0.39 is 14.9 Å². The van der Waals surface area contributed by atoms with Crippen LogP contribution in [0.4, 0.5) is 0 Å². The molecule has 0 atom stereocenters. The third kappa shape index (κ3) is 9.86. The Morgan fingerprint density at radius 3 is 1.25 bits per heavy atom. The van der Waals surface area contributed by atoms with Crippen LogP contribution >= 0.6 is 30.9 Å². The maximum Gasteiger partial charge on any atom is 0.415 e. The first-order valence-electron chi connectivity index (χ1n) is 17.0. The molecule has 0 spiro atoms. The van der Waals surface area contributed by atoms with Crippen LogP contribution in [-0.4, -0.2) is 9.97 Å². The topological polar surface area (TPSA) is 59.9 Å². The number of pyridine rings is 2. The number of hydrogen-bond donors (Lipinski definition) is 0. The van der Waals surface area contributed by atoms with Crippen molar-refractivity contribution < 1.29 is 9.13 Å². The molecule has 0 aliphatic heterocycles. The summed E-state index contributed by atoms with van der Waals surface area (Å²) < 4.78 is 27.5. The van der Waals surface area contributed by atoms with Gasteiger partial charge in [-0.15, -0.1) is 0 Å². The Labute approximate surface area is 320 Å². The first kappa shape index (κ1) is 37.2. The van der Waals surface area contributed by atoms with Crippen molar-refractivity contribution in [1.29, 1.82) is 0 Å². The average Bonchev–Trinajstić information content (AvgIpc) is 3.25. The zero-order chi connectivity index (χ0) is 36.7. The van der Waals surface area contributed by atoms with Gasteiger partial charge in [0.15, 0.2) is 17.8 Å². The number of hydrogen-bond acceptors (Lipinski definition) is 4. The highest BCUT2D eigenvalue weighted by Gasteiger charge is 2.29. The van der Waals surface area contributed by atoms with Gasteiger partial charge in [-0.05, 0) is 66.7 Å². The number of rotatable bonds is 7. The van der Waals surface area contributed by atoms with Crippen molar-refractivity contribution in [3.8, 4) is 22.5 Å². The molecule has 2 aromatic heterocycles. The molecular formula is C46H36BrN2O2P2+. The molecule has 0 amide bonds. The predicted molar refractivity (Wildman–Crippen MR) is 226 cm³/mol. The van der Waals surface area contributed by atoms with Crippen molar-refractivity contribution >= 4 is 57.4 Å². The highest BCUT2D eigenvalue weighted by atomic mass is 79.9. The van der Waals surface area contributed by atoms with E-state index in [1.165, 1.54) is 0 Å². The Kier molecular flexibility index (Phi) is 13.2. The van der Waals surface area contributed by atoms with Gasteiger partial charge in [0.2, 0.25) is 0 Å². The standard InChI is InChI=1S/C23H18NOP.C12H10OP.C11H8BrN/c25-26(20-11-3-1-4-12-20,21-13-5-2-6-14-21)22-15-9-10-19(18-22)23-16-7-8-17-24-23;13-14(11-7-3-1-4-8-11)12-9-5-2-6-10-12;12-10-5-3-4-9(8-10)11-6-1-2-7-13-11/h1-18H;1-10H;1-8H/q;+1;. The summed E-state index contributed by atoms with van der Waals surface area (Å²) >= 11 is 3.43. The number of aromatic nitrogens is 2. The van der Waals surface area contributed by atoms with Crippen molar-refractivity contribution in [3.05, 3.63) is 223 Å². The molecule has 0 N–H and O–H groups in total. The van der Waals surface area contributed by atoms with Gasteiger partial charge in [0.25, 0.3) is 0 Å². The van der Waals surface area contributed by atoms with Crippen molar-refractivity contribution in [2.75, 3.05) is 0 Å². The summed E-state index contributed by atoms with van der Waals surface area (Å²) in [6.07, 6.45) is 3.58. The third-order valence-electron chi connectivity index (χ3n) is 8.18. The smallest absolute Gasteiger partial charge is 0.309 e. The minimum Gasteiger partial charge on any atom is -0.309 e. The van der Waals surface area contributed by atoms with Crippen molar-refractivity contribution in [1.82, 2.24) is 9.97 Å². The summed E-state index contributed by atoms with van der Waals surface area (Å²) in [6.45, 7) is 0. The first-order chi connectivity index (χ1) is 26.0. The molecule has 0 fully saturated rings. The van der Waals surface area contributed by atoms with Crippen molar-refractivity contribution in [2.24, 2.45) is 0 Å². The highest BCUT2D eigenvalue weighted by Crippen LogP contribution is 2.42. The molecule has 0 aliphatic carbocycles. The molecule has 4 nitrogen and oxygen atoms in total. The van der Waals surface area contributed by atoms with Crippen molar-refractivity contribution in [2.45, 2.75) is 0 Å². The summed E-state index contributed by atoms with van der Waals surface area (Å²) in [6, 6.07) is 66.3. The molecule has 8 aromatic rings. The van der Waals surface area contributed by atoms with Crippen LogP contribution < -0.4 is 26.5 Å². The van der Waals surface area contributed by atoms with Gasteiger partial charge in [-0.1, -0.05) is 160 Å². The Morgan fingerprint density at radius 1 is 0.415 bits per heavy atom. The van der Waals surface area contributed by atoms with E-state index in [-0.39, 0.29) is 0 Å². The van der Waals surface area contributed by atoms with Crippen LogP contribution in [0.15, 0.2) is 223 Å². The lowest BCUT2D eigenvalue weighted by Crippen LogP contribution is -2.25.